The van der Waals surface area contributed by atoms with Crippen molar-refractivity contribution in [3.8, 4) is 11.8 Å². The number of amides is 1. The molecule has 6 nitrogen and oxygen atoms in total. The zero-order valence-corrected chi connectivity index (χ0v) is 14.5. The predicted octanol–water partition coefficient (Wildman–Crippen LogP) is 3.37. The molecule has 2 N–H and O–H groups in total. The number of nitrogens with zero attached hydrogens (tertiary/aromatic N) is 1. The van der Waals surface area contributed by atoms with Crippen LogP contribution < -0.4 is 5.32 Å². The van der Waals surface area contributed by atoms with E-state index >= 15 is 0 Å². The van der Waals surface area contributed by atoms with Gasteiger partial charge in [0, 0.05) is 10.0 Å². The molecule has 0 unspecified atom stereocenters. The Balaban J connectivity index is 2.45. The van der Waals surface area contributed by atoms with Crippen LogP contribution in [0.3, 0.4) is 0 Å². The fourth-order valence-corrected chi connectivity index (χ4v) is 2.46. The van der Waals surface area contributed by atoms with Crippen LogP contribution in [0.5, 0.6) is 5.75 Å². The quantitative estimate of drug-likeness (QED) is 0.620. The first kappa shape index (κ1) is 17.5. The fourth-order valence-electron chi connectivity index (χ4n) is 2.09. The van der Waals surface area contributed by atoms with Gasteiger partial charge in [0.05, 0.1) is 23.9 Å². The standard InChI is InChI=1S/C17H13BrN2O4/c1-9-12(4-3-5-13(9)18)16(22)20-14-7-10(17(23)24-2)6-11(8-19)15(14)21/h3-7,21H,1-2H3,(H,20,22). The van der Waals surface area contributed by atoms with Crippen molar-refractivity contribution in [2.45, 2.75) is 6.92 Å². The maximum atomic E-state index is 12.4. The summed E-state index contributed by atoms with van der Waals surface area (Å²) in [6.45, 7) is 1.77. The van der Waals surface area contributed by atoms with E-state index < -0.39 is 17.6 Å². The molecule has 0 aromatic heterocycles. The zero-order chi connectivity index (χ0) is 17.9. The van der Waals surface area contributed by atoms with Gasteiger partial charge in [-0.3, -0.25) is 4.79 Å². The normalized spacial score (nSPS) is 9.92. The fraction of sp³-hybridized carbons (Fsp3) is 0.118. The number of carbonyl (C=O) groups is 2. The third kappa shape index (κ3) is 3.39. The average Bonchev–Trinajstić information content (AvgIpc) is 2.58. The first-order chi connectivity index (χ1) is 11.4. The van der Waals surface area contributed by atoms with Gasteiger partial charge in [0.15, 0.2) is 5.75 Å². The Hall–Kier alpha value is -2.85. The Morgan fingerprint density at radius 1 is 1.33 bits per heavy atom. The number of anilines is 1. The van der Waals surface area contributed by atoms with Crippen LogP contribution in [0.15, 0.2) is 34.8 Å². The van der Waals surface area contributed by atoms with Gasteiger partial charge >= 0.3 is 5.97 Å². The smallest absolute Gasteiger partial charge is 0.337 e. The van der Waals surface area contributed by atoms with Gasteiger partial charge in [-0.2, -0.15) is 5.26 Å². The molecule has 2 aromatic carbocycles. The first-order valence-electron chi connectivity index (χ1n) is 6.81. The van der Waals surface area contributed by atoms with E-state index in [1.165, 1.54) is 19.2 Å². The molecule has 0 saturated heterocycles. The number of ether oxygens (including phenoxy) is 1. The zero-order valence-electron chi connectivity index (χ0n) is 12.9. The molecule has 24 heavy (non-hydrogen) atoms. The van der Waals surface area contributed by atoms with Crippen molar-refractivity contribution in [2.24, 2.45) is 0 Å². The van der Waals surface area contributed by atoms with Crippen molar-refractivity contribution >= 4 is 33.5 Å². The van der Waals surface area contributed by atoms with Crippen molar-refractivity contribution in [2.75, 3.05) is 12.4 Å². The summed E-state index contributed by atoms with van der Waals surface area (Å²) >= 11 is 3.34. The highest BCUT2D eigenvalue weighted by Crippen LogP contribution is 2.30. The van der Waals surface area contributed by atoms with Crippen LogP contribution in [0.1, 0.15) is 31.8 Å². The Morgan fingerprint density at radius 2 is 2.04 bits per heavy atom. The van der Waals surface area contributed by atoms with E-state index in [0.29, 0.717) is 5.56 Å². The maximum absolute atomic E-state index is 12.4. The van der Waals surface area contributed by atoms with E-state index in [-0.39, 0.29) is 16.8 Å². The Labute approximate surface area is 146 Å². The van der Waals surface area contributed by atoms with Crippen molar-refractivity contribution in [3.63, 3.8) is 0 Å². The molecular formula is C17H13BrN2O4. The number of phenols is 1. The molecule has 0 aliphatic carbocycles. The van der Waals surface area contributed by atoms with Gasteiger partial charge in [-0.25, -0.2) is 4.79 Å². The largest absolute Gasteiger partial charge is 0.504 e. The number of carbonyl (C=O) groups excluding carboxylic acids is 2. The van der Waals surface area contributed by atoms with Gasteiger partial charge in [-0.1, -0.05) is 22.0 Å². The van der Waals surface area contributed by atoms with Crippen LogP contribution in [0, 0.1) is 18.3 Å². The summed E-state index contributed by atoms with van der Waals surface area (Å²) in [4.78, 5) is 24.1. The molecule has 0 radical (unpaired) electrons. The molecule has 0 aliphatic rings. The van der Waals surface area contributed by atoms with Gasteiger partial charge in [0.25, 0.3) is 5.91 Å². The van der Waals surface area contributed by atoms with Gasteiger partial charge < -0.3 is 15.2 Å². The molecule has 7 heteroatoms. The van der Waals surface area contributed by atoms with Crippen LogP contribution in [0.25, 0.3) is 0 Å². The lowest BCUT2D eigenvalue weighted by atomic mass is 10.1. The lowest BCUT2D eigenvalue weighted by Gasteiger charge is -2.12. The molecule has 0 bridgehead atoms. The molecule has 0 atom stereocenters. The molecule has 122 valence electrons. The summed E-state index contributed by atoms with van der Waals surface area (Å²) in [6.07, 6.45) is 0. The molecule has 0 heterocycles. The summed E-state index contributed by atoms with van der Waals surface area (Å²) in [5.41, 5.74) is 0.982. The van der Waals surface area contributed by atoms with Gasteiger partial charge in [-0.15, -0.1) is 0 Å². The number of aromatic hydroxyl groups is 1. The maximum Gasteiger partial charge on any atom is 0.337 e. The summed E-state index contributed by atoms with van der Waals surface area (Å²) in [7, 11) is 1.20. The van der Waals surface area contributed by atoms with E-state index in [9.17, 15) is 14.7 Å². The van der Waals surface area contributed by atoms with Crippen LogP contribution in [0.4, 0.5) is 5.69 Å². The third-order valence-electron chi connectivity index (χ3n) is 3.41. The number of nitriles is 1. The number of halogens is 1. The lowest BCUT2D eigenvalue weighted by Crippen LogP contribution is -2.14. The predicted molar refractivity (Wildman–Crippen MR) is 91.0 cm³/mol. The topological polar surface area (TPSA) is 99.4 Å². The average molecular weight is 389 g/mol. The molecule has 0 fully saturated rings. The lowest BCUT2D eigenvalue weighted by molar-refractivity contribution is 0.0600. The van der Waals surface area contributed by atoms with Gasteiger partial charge in [0.1, 0.15) is 6.07 Å². The minimum absolute atomic E-state index is 0.0428. The second kappa shape index (κ2) is 7.15. The molecule has 0 aliphatic heterocycles. The van der Waals surface area contributed by atoms with Crippen LogP contribution in [-0.4, -0.2) is 24.1 Å². The monoisotopic (exact) mass is 388 g/mol. The number of rotatable bonds is 3. The second-order valence-electron chi connectivity index (χ2n) is 4.89. The van der Waals surface area contributed by atoms with Crippen molar-refractivity contribution in [3.05, 3.63) is 57.1 Å². The van der Waals surface area contributed by atoms with Gasteiger partial charge in [0.2, 0.25) is 0 Å². The number of methoxy groups -OCH3 is 1. The number of phenolic OH excluding ortho intramolecular Hbond substituents is 1. The molecule has 2 rings (SSSR count). The third-order valence-corrected chi connectivity index (χ3v) is 4.27. The second-order valence-corrected chi connectivity index (χ2v) is 5.74. The minimum Gasteiger partial charge on any atom is -0.504 e. The van der Waals surface area contributed by atoms with Crippen molar-refractivity contribution in [1.29, 1.82) is 5.26 Å². The van der Waals surface area contributed by atoms with E-state index in [1.54, 1.807) is 31.2 Å². The number of esters is 1. The first-order valence-corrected chi connectivity index (χ1v) is 7.60. The summed E-state index contributed by atoms with van der Waals surface area (Å²) < 4.78 is 5.37. The van der Waals surface area contributed by atoms with E-state index in [1.807, 2.05) is 0 Å². The summed E-state index contributed by atoms with van der Waals surface area (Å²) in [5, 5.41) is 21.7. The Morgan fingerprint density at radius 3 is 2.67 bits per heavy atom. The number of hydrogen-bond acceptors (Lipinski definition) is 5. The molecular weight excluding hydrogens is 376 g/mol. The highest BCUT2D eigenvalue weighted by Gasteiger charge is 2.18. The summed E-state index contributed by atoms with van der Waals surface area (Å²) in [5.74, 6) is -1.57. The highest BCUT2D eigenvalue weighted by molar-refractivity contribution is 9.10. The number of nitrogens with one attached hydrogen (secondary N) is 1. The van der Waals surface area contributed by atoms with Crippen LogP contribution >= 0.6 is 15.9 Å². The number of hydrogen-bond donors (Lipinski definition) is 2. The van der Waals surface area contributed by atoms with E-state index in [2.05, 4.69) is 26.0 Å². The highest BCUT2D eigenvalue weighted by atomic mass is 79.9. The minimum atomic E-state index is -0.680. The molecule has 2 aromatic rings. The molecule has 0 spiro atoms. The summed E-state index contributed by atoms with van der Waals surface area (Å²) in [6, 6.07) is 9.36. The molecule has 1 amide bonds. The van der Waals surface area contributed by atoms with Crippen LogP contribution in [-0.2, 0) is 4.74 Å². The van der Waals surface area contributed by atoms with Crippen molar-refractivity contribution < 1.29 is 19.4 Å². The number of benzene rings is 2. The van der Waals surface area contributed by atoms with Crippen molar-refractivity contribution in [1.82, 2.24) is 0 Å². The molecule has 0 saturated carbocycles. The Bertz CT molecular complexity index is 872. The van der Waals surface area contributed by atoms with E-state index in [0.717, 1.165) is 10.0 Å². The van der Waals surface area contributed by atoms with Gasteiger partial charge in [-0.05, 0) is 36.8 Å². The Kier molecular flexibility index (Phi) is 5.21. The van der Waals surface area contributed by atoms with Crippen LogP contribution in [0.2, 0.25) is 0 Å². The van der Waals surface area contributed by atoms with E-state index in [4.69, 9.17) is 5.26 Å². The SMILES string of the molecule is COC(=O)c1cc(C#N)c(O)c(NC(=O)c2cccc(Br)c2C)c1.